The fourth-order valence-electron chi connectivity index (χ4n) is 3.18. The van der Waals surface area contributed by atoms with Crippen LogP contribution in [0.5, 0.6) is 0 Å². The van der Waals surface area contributed by atoms with Crippen LogP contribution < -0.4 is 5.32 Å². The molecule has 0 heterocycles. The van der Waals surface area contributed by atoms with E-state index in [4.69, 9.17) is 0 Å². The molecule has 18 heavy (non-hydrogen) atoms. The van der Waals surface area contributed by atoms with Gasteiger partial charge in [-0.3, -0.25) is 0 Å². The summed E-state index contributed by atoms with van der Waals surface area (Å²) in [7, 11) is 0. The van der Waals surface area contributed by atoms with E-state index in [1.54, 1.807) is 0 Å². The number of aliphatic hydroxyl groups is 2. The predicted molar refractivity (Wildman–Crippen MR) is 73.5 cm³/mol. The molecule has 0 radical (unpaired) electrons. The lowest BCUT2D eigenvalue weighted by atomic mass is 9.71. The first-order valence-electron chi connectivity index (χ1n) is 7.52. The summed E-state index contributed by atoms with van der Waals surface area (Å²) in [6.45, 7) is 5.31. The molecule has 0 aromatic heterocycles. The molecule has 3 nitrogen and oxygen atoms in total. The fourth-order valence-corrected chi connectivity index (χ4v) is 3.18. The number of hydrogen-bond donors (Lipinski definition) is 3. The van der Waals surface area contributed by atoms with Gasteiger partial charge in [0.15, 0.2) is 0 Å². The van der Waals surface area contributed by atoms with Gasteiger partial charge in [0, 0.05) is 12.6 Å². The lowest BCUT2D eigenvalue weighted by molar-refractivity contribution is -0.0276. The third kappa shape index (κ3) is 3.94. The summed E-state index contributed by atoms with van der Waals surface area (Å²) in [6, 6.07) is 0.493. The Labute approximate surface area is 111 Å². The van der Waals surface area contributed by atoms with Gasteiger partial charge >= 0.3 is 0 Å². The molecule has 0 aromatic rings. The van der Waals surface area contributed by atoms with E-state index in [2.05, 4.69) is 19.2 Å². The topological polar surface area (TPSA) is 52.5 Å². The van der Waals surface area contributed by atoms with Crippen molar-refractivity contribution < 1.29 is 10.2 Å². The quantitative estimate of drug-likeness (QED) is 0.725. The molecule has 2 aliphatic rings. The second-order valence-corrected chi connectivity index (χ2v) is 7.27. The smallest absolute Gasteiger partial charge is 0.0772 e. The van der Waals surface area contributed by atoms with Gasteiger partial charge in [-0.05, 0) is 56.8 Å². The van der Waals surface area contributed by atoms with Crippen LogP contribution in [0.1, 0.15) is 65.2 Å². The minimum Gasteiger partial charge on any atom is -0.393 e. The van der Waals surface area contributed by atoms with Crippen molar-refractivity contribution in [3.8, 4) is 0 Å². The van der Waals surface area contributed by atoms with Crippen molar-refractivity contribution in [1.29, 1.82) is 0 Å². The van der Waals surface area contributed by atoms with Crippen LogP contribution in [0.15, 0.2) is 0 Å². The summed E-state index contributed by atoms with van der Waals surface area (Å²) in [5.41, 5.74) is -0.0905. The number of hydrogen-bond acceptors (Lipinski definition) is 3. The van der Waals surface area contributed by atoms with E-state index in [0.717, 1.165) is 57.9 Å². The van der Waals surface area contributed by atoms with Gasteiger partial charge in [0.05, 0.1) is 11.7 Å². The van der Waals surface area contributed by atoms with Gasteiger partial charge in [0.25, 0.3) is 0 Å². The molecule has 0 unspecified atom stereocenters. The maximum Gasteiger partial charge on any atom is 0.0772 e. The zero-order valence-electron chi connectivity index (χ0n) is 11.9. The maximum atomic E-state index is 10.6. The zero-order chi connectivity index (χ0) is 13.2. The van der Waals surface area contributed by atoms with E-state index in [0.29, 0.717) is 11.5 Å². The van der Waals surface area contributed by atoms with Crippen LogP contribution in [0.3, 0.4) is 0 Å². The lowest BCUT2D eigenvalue weighted by Gasteiger charge is -2.41. The van der Waals surface area contributed by atoms with E-state index >= 15 is 0 Å². The molecule has 3 N–H and O–H groups in total. The molecule has 2 aliphatic carbocycles. The van der Waals surface area contributed by atoms with Gasteiger partial charge in [-0.2, -0.15) is 0 Å². The van der Waals surface area contributed by atoms with Crippen molar-refractivity contribution in [3.05, 3.63) is 0 Å². The summed E-state index contributed by atoms with van der Waals surface area (Å²) in [4.78, 5) is 0. The number of aliphatic hydroxyl groups excluding tert-OH is 1. The third-order valence-corrected chi connectivity index (χ3v) is 4.95. The minimum absolute atomic E-state index is 0.0957. The first kappa shape index (κ1) is 14.3. The Morgan fingerprint density at radius 3 is 2.11 bits per heavy atom. The van der Waals surface area contributed by atoms with Crippen molar-refractivity contribution in [3.63, 3.8) is 0 Å². The molecular formula is C15H29NO2. The highest BCUT2D eigenvalue weighted by Crippen LogP contribution is 2.40. The molecule has 2 fully saturated rings. The lowest BCUT2D eigenvalue weighted by Crippen LogP contribution is -2.48. The average molecular weight is 255 g/mol. The number of nitrogens with one attached hydrogen (secondary N) is 1. The molecule has 0 atom stereocenters. The Hall–Kier alpha value is -0.120. The van der Waals surface area contributed by atoms with Crippen LogP contribution in [-0.4, -0.2) is 34.5 Å². The molecule has 0 saturated heterocycles. The summed E-state index contributed by atoms with van der Waals surface area (Å²) >= 11 is 0. The minimum atomic E-state index is -0.494. The Morgan fingerprint density at radius 2 is 1.56 bits per heavy atom. The number of rotatable bonds is 3. The average Bonchev–Trinajstić information content (AvgIpc) is 2.33. The zero-order valence-corrected chi connectivity index (χ0v) is 11.9. The van der Waals surface area contributed by atoms with Crippen molar-refractivity contribution in [2.24, 2.45) is 5.41 Å². The molecule has 106 valence electrons. The molecule has 0 aromatic carbocycles. The van der Waals surface area contributed by atoms with E-state index in [1.807, 2.05) is 0 Å². The van der Waals surface area contributed by atoms with E-state index in [9.17, 15) is 10.2 Å². The van der Waals surface area contributed by atoms with E-state index in [1.165, 1.54) is 0 Å². The molecular weight excluding hydrogens is 226 g/mol. The monoisotopic (exact) mass is 255 g/mol. The normalized spacial score (nSPS) is 35.3. The molecule has 0 spiro atoms. The van der Waals surface area contributed by atoms with Crippen molar-refractivity contribution in [2.45, 2.75) is 83.0 Å². The maximum absolute atomic E-state index is 10.6. The van der Waals surface area contributed by atoms with Gasteiger partial charge in [-0.15, -0.1) is 0 Å². The highest BCUT2D eigenvalue weighted by atomic mass is 16.3. The summed E-state index contributed by atoms with van der Waals surface area (Å²) in [6.07, 6.45) is 7.88. The predicted octanol–water partition coefficient (Wildman–Crippen LogP) is 2.21. The van der Waals surface area contributed by atoms with Crippen LogP contribution in [0.4, 0.5) is 0 Å². The third-order valence-electron chi connectivity index (χ3n) is 4.95. The largest absolute Gasteiger partial charge is 0.393 e. The summed E-state index contributed by atoms with van der Waals surface area (Å²) in [5.74, 6) is 0. The van der Waals surface area contributed by atoms with Crippen molar-refractivity contribution in [1.82, 2.24) is 5.32 Å². The van der Waals surface area contributed by atoms with Crippen LogP contribution in [0.2, 0.25) is 0 Å². The standard InChI is InChI=1S/C15H29NO2/c1-14(2)7-9-15(18,10-8-14)11-16-12-3-5-13(17)6-4-12/h12-13,16-18H,3-11H2,1-2H3. The Kier molecular flexibility index (Phi) is 4.35. The SMILES string of the molecule is CC1(C)CCC(O)(CNC2CCC(O)CC2)CC1. The van der Waals surface area contributed by atoms with Crippen LogP contribution >= 0.6 is 0 Å². The summed E-state index contributed by atoms with van der Waals surface area (Å²) < 4.78 is 0. The van der Waals surface area contributed by atoms with E-state index < -0.39 is 5.60 Å². The molecule has 0 bridgehead atoms. The van der Waals surface area contributed by atoms with Crippen LogP contribution in [0.25, 0.3) is 0 Å². The van der Waals surface area contributed by atoms with Crippen LogP contribution in [-0.2, 0) is 0 Å². The highest BCUT2D eigenvalue weighted by Gasteiger charge is 2.36. The highest BCUT2D eigenvalue weighted by molar-refractivity contribution is 4.91. The van der Waals surface area contributed by atoms with Gasteiger partial charge in [-0.1, -0.05) is 13.8 Å². The molecule has 2 rings (SSSR count). The Morgan fingerprint density at radius 1 is 1.00 bits per heavy atom. The Balaban J connectivity index is 1.73. The molecule has 0 amide bonds. The van der Waals surface area contributed by atoms with Crippen LogP contribution in [0, 0.1) is 5.41 Å². The fraction of sp³-hybridized carbons (Fsp3) is 1.00. The molecule has 3 heteroatoms. The first-order chi connectivity index (χ1) is 8.39. The van der Waals surface area contributed by atoms with E-state index in [-0.39, 0.29) is 6.10 Å². The molecule has 0 aliphatic heterocycles. The second-order valence-electron chi connectivity index (χ2n) is 7.27. The summed E-state index contributed by atoms with van der Waals surface area (Å²) in [5, 5.41) is 23.6. The Bertz CT molecular complexity index is 260. The van der Waals surface area contributed by atoms with Gasteiger partial charge in [0.1, 0.15) is 0 Å². The van der Waals surface area contributed by atoms with Gasteiger partial charge in [0.2, 0.25) is 0 Å². The first-order valence-corrected chi connectivity index (χ1v) is 7.52. The second kappa shape index (κ2) is 5.48. The van der Waals surface area contributed by atoms with Gasteiger partial charge < -0.3 is 15.5 Å². The van der Waals surface area contributed by atoms with Crippen molar-refractivity contribution >= 4 is 0 Å². The molecule has 2 saturated carbocycles. The van der Waals surface area contributed by atoms with Crippen molar-refractivity contribution in [2.75, 3.05) is 6.54 Å². The van der Waals surface area contributed by atoms with Gasteiger partial charge in [-0.25, -0.2) is 0 Å².